The van der Waals surface area contributed by atoms with E-state index < -0.39 is 0 Å². The minimum atomic E-state index is 0.240. The van der Waals surface area contributed by atoms with Crippen LogP contribution in [0.2, 0.25) is 0 Å². The van der Waals surface area contributed by atoms with Crippen LogP contribution in [-0.4, -0.2) is 11.7 Å². The zero-order valence-corrected chi connectivity index (χ0v) is 10.8. The summed E-state index contributed by atoms with van der Waals surface area (Å²) >= 11 is 9.13. The third kappa shape index (κ3) is 2.20. The van der Waals surface area contributed by atoms with Crippen LogP contribution >= 0.6 is 27.5 Å². The number of nitrogens with zero attached hydrogens (tertiary/aromatic N) is 1. The third-order valence-corrected chi connectivity index (χ3v) is 3.21. The quantitative estimate of drug-likeness (QED) is 0.511. The number of hydrogen-bond acceptors (Lipinski definition) is 1. The first-order valence-electron chi connectivity index (χ1n) is 4.78. The van der Waals surface area contributed by atoms with Crippen molar-refractivity contribution in [3.8, 4) is 0 Å². The fourth-order valence-electron chi connectivity index (χ4n) is 1.54. The molecule has 16 heavy (non-hydrogen) atoms. The van der Waals surface area contributed by atoms with Crippen molar-refractivity contribution >= 4 is 49.8 Å². The molecule has 2 aromatic carbocycles. The van der Waals surface area contributed by atoms with Crippen LogP contribution in [-0.2, 0) is 0 Å². The Balaban J connectivity index is 2.67. The summed E-state index contributed by atoms with van der Waals surface area (Å²) in [5, 5.41) is 2.18. The third-order valence-electron chi connectivity index (χ3n) is 2.25. The van der Waals surface area contributed by atoms with Crippen molar-refractivity contribution < 1.29 is 0 Å². The number of nitrogens with two attached hydrogens (primary N) is 1. The van der Waals surface area contributed by atoms with E-state index in [9.17, 15) is 0 Å². The monoisotopic (exact) mass is 296 g/mol. The molecule has 0 aromatic heterocycles. The first-order chi connectivity index (χ1) is 7.72. The summed E-state index contributed by atoms with van der Waals surface area (Å²) in [7, 11) is 0. The van der Waals surface area contributed by atoms with E-state index in [1.54, 1.807) is 0 Å². The summed E-state index contributed by atoms with van der Waals surface area (Å²) < 4.78 is 1.05. The lowest BCUT2D eigenvalue weighted by molar-refractivity contribution is 1.47. The van der Waals surface area contributed by atoms with Gasteiger partial charge in [-0.3, -0.25) is 0 Å². The predicted molar refractivity (Wildman–Crippen MR) is 73.7 cm³/mol. The maximum atomic E-state index is 5.64. The molecule has 2 N–H and O–H groups in total. The van der Waals surface area contributed by atoms with Gasteiger partial charge < -0.3 is 5.73 Å². The summed E-state index contributed by atoms with van der Waals surface area (Å²) in [4.78, 5) is 4.29. The van der Waals surface area contributed by atoms with Gasteiger partial charge in [-0.2, -0.15) is 0 Å². The van der Waals surface area contributed by atoms with Gasteiger partial charge in [0.05, 0.1) is 11.6 Å². The van der Waals surface area contributed by atoms with Gasteiger partial charge >= 0.3 is 0 Å². The maximum absolute atomic E-state index is 5.64. The summed E-state index contributed by atoms with van der Waals surface area (Å²) in [6, 6.07) is 11.9. The van der Waals surface area contributed by atoms with E-state index in [2.05, 4.69) is 20.9 Å². The van der Waals surface area contributed by atoms with Crippen LogP contribution in [0.3, 0.4) is 0 Å². The molecule has 0 unspecified atom stereocenters. The number of aliphatic imine (C=N–C) groups is 1. The van der Waals surface area contributed by atoms with E-state index in [0.717, 1.165) is 20.9 Å². The molecule has 0 aliphatic rings. The zero-order chi connectivity index (χ0) is 11.5. The molecule has 82 valence electrons. The molecule has 0 aliphatic carbocycles. The Bertz CT molecular complexity index is 552. The van der Waals surface area contributed by atoms with Crippen LogP contribution in [0.5, 0.6) is 0 Å². The van der Waals surface area contributed by atoms with Crippen LogP contribution in [0.4, 0.5) is 5.69 Å². The minimum absolute atomic E-state index is 0.240. The number of alkyl halides is 1. The van der Waals surface area contributed by atoms with E-state index in [0.29, 0.717) is 5.84 Å². The second-order valence-electron chi connectivity index (χ2n) is 3.35. The zero-order valence-electron chi connectivity index (χ0n) is 8.45. The maximum Gasteiger partial charge on any atom is 0.115 e. The minimum Gasteiger partial charge on any atom is -0.386 e. The molecule has 0 bridgehead atoms. The SMILES string of the molecule is NC(CCl)=Nc1cccc2c(Br)cccc12. The normalized spacial score (nSPS) is 12.0. The number of fused-ring (bicyclic) bond motifs is 1. The molecule has 0 saturated heterocycles. The van der Waals surface area contributed by atoms with E-state index in [1.165, 1.54) is 0 Å². The fourth-order valence-corrected chi connectivity index (χ4v) is 2.10. The molecule has 0 aliphatic heterocycles. The standard InChI is InChI=1S/C12H10BrClN2/c13-10-5-1-4-9-8(10)3-2-6-11(9)16-12(15)7-14/h1-6H,7H2,(H2,15,16). The highest BCUT2D eigenvalue weighted by Crippen LogP contribution is 2.30. The van der Waals surface area contributed by atoms with Crippen LogP contribution in [0.15, 0.2) is 45.9 Å². The lowest BCUT2D eigenvalue weighted by Gasteiger charge is -2.04. The van der Waals surface area contributed by atoms with Crippen molar-refractivity contribution in [2.75, 3.05) is 5.88 Å². The average molecular weight is 298 g/mol. The molecule has 0 fully saturated rings. The van der Waals surface area contributed by atoms with Gasteiger partial charge in [0.25, 0.3) is 0 Å². The molecule has 2 nitrogen and oxygen atoms in total. The van der Waals surface area contributed by atoms with Crippen molar-refractivity contribution in [2.24, 2.45) is 10.7 Å². The highest BCUT2D eigenvalue weighted by molar-refractivity contribution is 9.10. The Kier molecular flexibility index (Phi) is 3.46. The summed E-state index contributed by atoms with van der Waals surface area (Å²) in [6.45, 7) is 0. The summed E-state index contributed by atoms with van der Waals surface area (Å²) in [6.07, 6.45) is 0. The number of amidine groups is 1. The van der Waals surface area contributed by atoms with E-state index in [4.69, 9.17) is 17.3 Å². The van der Waals surface area contributed by atoms with Gasteiger partial charge in [0.2, 0.25) is 0 Å². The van der Waals surface area contributed by atoms with Gasteiger partial charge in [-0.1, -0.05) is 40.2 Å². The van der Waals surface area contributed by atoms with Crippen molar-refractivity contribution in [1.29, 1.82) is 0 Å². The molecule has 0 atom stereocenters. The molecular formula is C12H10BrClN2. The van der Waals surface area contributed by atoms with Gasteiger partial charge in [-0.25, -0.2) is 4.99 Å². The number of rotatable bonds is 2. The van der Waals surface area contributed by atoms with Crippen LogP contribution in [0.1, 0.15) is 0 Å². The lowest BCUT2D eigenvalue weighted by Crippen LogP contribution is -2.12. The van der Waals surface area contributed by atoms with Crippen molar-refractivity contribution in [2.45, 2.75) is 0 Å². The molecule has 2 rings (SSSR count). The highest BCUT2D eigenvalue weighted by atomic mass is 79.9. The van der Waals surface area contributed by atoms with Crippen LogP contribution in [0, 0.1) is 0 Å². The molecule has 0 heterocycles. The van der Waals surface area contributed by atoms with Gasteiger partial charge in [0.1, 0.15) is 5.84 Å². The Labute approximate surface area is 107 Å². The molecule has 0 saturated carbocycles. The first-order valence-corrected chi connectivity index (χ1v) is 6.11. The molecule has 4 heteroatoms. The van der Waals surface area contributed by atoms with Crippen molar-refractivity contribution in [1.82, 2.24) is 0 Å². The number of hydrogen-bond donors (Lipinski definition) is 1. The summed E-state index contributed by atoms with van der Waals surface area (Å²) in [5.74, 6) is 0.666. The van der Waals surface area contributed by atoms with E-state index >= 15 is 0 Å². The average Bonchev–Trinajstić information content (AvgIpc) is 2.30. The lowest BCUT2D eigenvalue weighted by atomic mass is 10.1. The topological polar surface area (TPSA) is 38.4 Å². The molecule has 0 amide bonds. The highest BCUT2D eigenvalue weighted by Gasteiger charge is 2.02. The Morgan fingerprint density at radius 1 is 1.19 bits per heavy atom. The molecular weight excluding hydrogens is 288 g/mol. The van der Waals surface area contributed by atoms with Gasteiger partial charge in [0, 0.05) is 9.86 Å². The first kappa shape index (κ1) is 11.4. The largest absolute Gasteiger partial charge is 0.386 e. The molecule has 2 aromatic rings. The second kappa shape index (κ2) is 4.85. The predicted octanol–water partition coefficient (Wildman–Crippen LogP) is 3.83. The van der Waals surface area contributed by atoms with Crippen LogP contribution in [0.25, 0.3) is 10.8 Å². The Hall–Kier alpha value is -1.06. The Morgan fingerprint density at radius 2 is 1.88 bits per heavy atom. The second-order valence-corrected chi connectivity index (χ2v) is 4.47. The fraction of sp³-hybridized carbons (Fsp3) is 0.0833. The number of benzene rings is 2. The smallest absolute Gasteiger partial charge is 0.115 e. The van der Waals surface area contributed by atoms with E-state index in [-0.39, 0.29) is 5.88 Å². The Morgan fingerprint density at radius 3 is 2.62 bits per heavy atom. The summed E-state index contributed by atoms with van der Waals surface area (Å²) in [5.41, 5.74) is 6.48. The van der Waals surface area contributed by atoms with Crippen molar-refractivity contribution in [3.63, 3.8) is 0 Å². The van der Waals surface area contributed by atoms with Crippen molar-refractivity contribution in [3.05, 3.63) is 40.9 Å². The van der Waals surface area contributed by atoms with Gasteiger partial charge in [-0.15, -0.1) is 11.6 Å². The van der Waals surface area contributed by atoms with Gasteiger partial charge in [0.15, 0.2) is 0 Å². The number of halogens is 2. The van der Waals surface area contributed by atoms with E-state index in [1.807, 2.05) is 36.4 Å². The van der Waals surface area contributed by atoms with Gasteiger partial charge in [-0.05, 0) is 17.5 Å². The molecule has 0 radical (unpaired) electrons. The van der Waals surface area contributed by atoms with Crippen LogP contribution < -0.4 is 5.73 Å². The molecule has 0 spiro atoms.